The zero-order valence-corrected chi connectivity index (χ0v) is 10.6. The van der Waals surface area contributed by atoms with Gasteiger partial charge in [-0.3, -0.25) is 9.36 Å². The van der Waals surface area contributed by atoms with Gasteiger partial charge in [-0.1, -0.05) is 29.8 Å². The molecule has 0 aliphatic heterocycles. The highest BCUT2D eigenvalue weighted by atomic mass is 35.5. The number of hydrogen-bond acceptors (Lipinski definition) is 2. The summed E-state index contributed by atoms with van der Waals surface area (Å²) in [4.78, 5) is 12.1. The summed E-state index contributed by atoms with van der Waals surface area (Å²) < 4.78 is 1.53. The zero-order chi connectivity index (χ0) is 13.4. The number of rotatable bonds is 1. The van der Waals surface area contributed by atoms with Crippen molar-refractivity contribution < 1.29 is 5.11 Å². The summed E-state index contributed by atoms with van der Waals surface area (Å²) in [6, 6.07) is 15.5. The third kappa shape index (κ3) is 1.98. The maximum atomic E-state index is 12.1. The van der Waals surface area contributed by atoms with Crippen molar-refractivity contribution in [1.82, 2.24) is 4.57 Å². The van der Waals surface area contributed by atoms with E-state index in [0.717, 1.165) is 5.69 Å². The highest BCUT2D eigenvalue weighted by molar-refractivity contribution is 6.31. The van der Waals surface area contributed by atoms with Crippen LogP contribution in [-0.4, -0.2) is 9.67 Å². The summed E-state index contributed by atoms with van der Waals surface area (Å²) in [5.74, 6) is -0.0381. The number of aromatic nitrogens is 1. The number of para-hydroxylation sites is 1. The van der Waals surface area contributed by atoms with Crippen LogP contribution >= 0.6 is 11.6 Å². The molecule has 3 aromatic rings. The molecule has 4 heteroatoms. The Balaban J connectivity index is 2.48. The van der Waals surface area contributed by atoms with Crippen molar-refractivity contribution in [3.8, 4) is 11.4 Å². The van der Waals surface area contributed by atoms with Crippen molar-refractivity contribution >= 4 is 22.5 Å². The van der Waals surface area contributed by atoms with Crippen LogP contribution in [-0.2, 0) is 0 Å². The number of nitrogens with zero attached hydrogens (tertiary/aromatic N) is 1. The third-order valence-corrected chi connectivity index (χ3v) is 3.21. The van der Waals surface area contributed by atoms with Crippen LogP contribution in [0.5, 0.6) is 5.75 Å². The molecule has 94 valence electrons. The average molecular weight is 272 g/mol. The van der Waals surface area contributed by atoms with Crippen molar-refractivity contribution in [2.75, 3.05) is 0 Å². The number of halogens is 1. The fraction of sp³-hybridized carbons (Fsp3) is 0. The molecule has 0 amide bonds. The summed E-state index contributed by atoms with van der Waals surface area (Å²) in [6.45, 7) is 0. The summed E-state index contributed by atoms with van der Waals surface area (Å²) in [5.41, 5.74) is 1.03. The van der Waals surface area contributed by atoms with Crippen LogP contribution in [0.4, 0.5) is 0 Å². The smallest absolute Gasteiger partial charge is 0.259 e. The van der Waals surface area contributed by atoms with Gasteiger partial charge in [0.15, 0.2) is 0 Å². The molecule has 3 nitrogen and oxygen atoms in total. The molecule has 0 spiro atoms. The molecular formula is C15H10ClNO2. The molecule has 0 radical (unpaired) electrons. The first-order valence-electron chi connectivity index (χ1n) is 5.76. The van der Waals surface area contributed by atoms with E-state index >= 15 is 0 Å². The molecule has 0 fully saturated rings. The highest BCUT2D eigenvalue weighted by Crippen LogP contribution is 2.26. The van der Waals surface area contributed by atoms with Crippen LogP contribution < -0.4 is 5.56 Å². The zero-order valence-electron chi connectivity index (χ0n) is 9.88. The maximum Gasteiger partial charge on any atom is 0.259 e. The van der Waals surface area contributed by atoms with Gasteiger partial charge >= 0.3 is 0 Å². The Kier molecular flexibility index (Phi) is 2.76. The van der Waals surface area contributed by atoms with Gasteiger partial charge in [-0.25, -0.2) is 0 Å². The second-order valence-electron chi connectivity index (χ2n) is 4.20. The van der Waals surface area contributed by atoms with Crippen LogP contribution in [0.25, 0.3) is 16.6 Å². The molecule has 0 bridgehead atoms. The molecule has 0 atom stereocenters. The van der Waals surface area contributed by atoms with Crippen molar-refractivity contribution in [3.63, 3.8) is 0 Å². The predicted molar refractivity (Wildman–Crippen MR) is 76.2 cm³/mol. The molecule has 1 aromatic heterocycles. The lowest BCUT2D eigenvalue weighted by Gasteiger charge is -2.11. The summed E-state index contributed by atoms with van der Waals surface area (Å²) in [7, 11) is 0. The number of pyridine rings is 1. The number of benzene rings is 2. The quantitative estimate of drug-likeness (QED) is 0.737. The minimum absolute atomic E-state index is 0.0381. The molecule has 2 aromatic carbocycles. The molecule has 0 saturated carbocycles. The maximum absolute atomic E-state index is 12.1. The Morgan fingerprint density at radius 3 is 2.47 bits per heavy atom. The largest absolute Gasteiger partial charge is 0.507 e. The van der Waals surface area contributed by atoms with E-state index in [2.05, 4.69) is 0 Å². The lowest BCUT2D eigenvalue weighted by atomic mass is 10.2. The lowest BCUT2D eigenvalue weighted by molar-refractivity contribution is 0.480. The van der Waals surface area contributed by atoms with Gasteiger partial charge in [0, 0.05) is 22.2 Å². The molecule has 1 N–H and O–H groups in total. The van der Waals surface area contributed by atoms with Gasteiger partial charge in [-0.15, -0.1) is 0 Å². The van der Waals surface area contributed by atoms with Crippen molar-refractivity contribution in [1.29, 1.82) is 0 Å². The lowest BCUT2D eigenvalue weighted by Crippen LogP contribution is -2.17. The fourth-order valence-corrected chi connectivity index (χ4v) is 2.29. The van der Waals surface area contributed by atoms with Gasteiger partial charge in [0.25, 0.3) is 5.56 Å². The molecule has 1 heterocycles. The van der Waals surface area contributed by atoms with Crippen LogP contribution in [0.3, 0.4) is 0 Å². The molecule has 0 aliphatic rings. The summed E-state index contributed by atoms with van der Waals surface area (Å²) in [6.07, 6.45) is 0. The standard InChI is InChI=1S/C15H10ClNO2/c16-10-6-7-12-13(8-10)17(15(19)9-14(12)18)11-4-2-1-3-5-11/h1-9,18H. The van der Waals surface area contributed by atoms with E-state index in [1.165, 1.54) is 10.6 Å². The van der Waals surface area contributed by atoms with Gasteiger partial charge in [0.1, 0.15) is 5.75 Å². The Bertz CT molecular complexity index is 809. The average Bonchev–Trinajstić information content (AvgIpc) is 2.39. The molecular weight excluding hydrogens is 262 g/mol. The van der Waals surface area contributed by atoms with Gasteiger partial charge in [-0.05, 0) is 30.3 Å². The number of aromatic hydroxyl groups is 1. The van der Waals surface area contributed by atoms with Crippen molar-refractivity contribution in [3.05, 3.63) is 70.0 Å². The first-order valence-corrected chi connectivity index (χ1v) is 6.14. The molecule has 0 unspecified atom stereocenters. The number of hydrogen-bond donors (Lipinski definition) is 1. The number of fused-ring (bicyclic) bond motifs is 1. The Morgan fingerprint density at radius 1 is 1.00 bits per heavy atom. The normalized spacial score (nSPS) is 10.8. The van der Waals surface area contributed by atoms with E-state index < -0.39 is 0 Å². The van der Waals surface area contributed by atoms with E-state index in [-0.39, 0.29) is 11.3 Å². The highest BCUT2D eigenvalue weighted by Gasteiger charge is 2.09. The Hall–Kier alpha value is -2.26. The molecule has 0 saturated heterocycles. The van der Waals surface area contributed by atoms with Gasteiger partial charge in [0.05, 0.1) is 5.52 Å². The Morgan fingerprint density at radius 2 is 1.74 bits per heavy atom. The minimum Gasteiger partial charge on any atom is -0.507 e. The van der Waals surface area contributed by atoms with Crippen LogP contribution in [0.1, 0.15) is 0 Å². The van der Waals surface area contributed by atoms with E-state index in [9.17, 15) is 9.90 Å². The molecule has 19 heavy (non-hydrogen) atoms. The third-order valence-electron chi connectivity index (χ3n) is 2.97. The van der Waals surface area contributed by atoms with Crippen molar-refractivity contribution in [2.45, 2.75) is 0 Å². The van der Waals surface area contributed by atoms with Crippen molar-refractivity contribution in [2.24, 2.45) is 0 Å². The van der Waals surface area contributed by atoms with Crippen LogP contribution in [0.15, 0.2) is 59.4 Å². The summed E-state index contributed by atoms with van der Waals surface area (Å²) >= 11 is 5.99. The second-order valence-corrected chi connectivity index (χ2v) is 4.64. The van der Waals surface area contributed by atoms with Gasteiger partial charge in [-0.2, -0.15) is 0 Å². The van der Waals surface area contributed by atoms with Gasteiger partial charge < -0.3 is 5.11 Å². The monoisotopic (exact) mass is 271 g/mol. The SMILES string of the molecule is O=c1cc(O)c2ccc(Cl)cc2n1-c1ccccc1. The fourth-order valence-electron chi connectivity index (χ4n) is 2.13. The minimum atomic E-state index is -0.293. The molecule has 3 rings (SSSR count). The predicted octanol–water partition coefficient (Wildman–Crippen LogP) is 3.35. The Labute approximate surface area is 114 Å². The topological polar surface area (TPSA) is 42.2 Å². The van der Waals surface area contributed by atoms with Gasteiger partial charge in [0.2, 0.25) is 0 Å². The van der Waals surface area contributed by atoms with Crippen LogP contribution in [0.2, 0.25) is 5.02 Å². The van der Waals surface area contributed by atoms with E-state index in [4.69, 9.17) is 11.6 Å². The second kappa shape index (κ2) is 4.44. The van der Waals surface area contributed by atoms with E-state index in [0.29, 0.717) is 15.9 Å². The van der Waals surface area contributed by atoms with E-state index in [1.54, 1.807) is 18.2 Å². The molecule has 0 aliphatic carbocycles. The van der Waals surface area contributed by atoms with E-state index in [1.807, 2.05) is 30.3 Å². The first-order chi connectivity index (χ1) is 9.16. The summed E-state index contributed by atoms with van der Waals surface area (Å²) in [5, 5.41) is 11.0. The van der Waals surface area contributed by atoms with Crippen LogP contribution in [0, 0.1) is 0 Å². The first kappa shape index (κ1) is 11.8.